The van der Waals surface area contributed by atoms with Crippen molar-refractivity contribution in [2.75, 3.05) is 7.05 Å². The molecule has 0 saturated heterocycles. The highest BCUT2D eigenvalue weighted by atomic mass is 32.1. The molecule has 2 heterocycles. The molecule has 0 aliphatic heterocycles. The number of rotatable bonds is 5. The first kappa shape index (κ1) is 13.8. The zero-order valence-corrected chi connectivity index (χ0v) is 11.9. The van der Waals surface area contributed by atoms with Gasteiger partial charge in [-0.3, -0.25) is 4.90 Å². The van der Waals surface area contributed by atoms with Crippen LogP contribution >= 0.6 is 11.3 Å². The molecule has 0 bridgehead atoms. The van der Waals surface area contributed by atoms with Crippen LogP contribution in [0.5, 0.6) is 0 Å². The summed E-state index contributed by atoms with van der Waals surface area (Å²) in [4.78, 5) is 17.3. The first-order valence-electron chi connectivity index (χ1n) is 5.91. The maximum atomic E-state index is 10.8. The van der Waals surface area contributed by atoms with Gasteiger partial charge in [0.2, 0.25) is 5.76 Å². The minimum Gasteiger partial charge on any atom is -0.475 e. The number of hydrogen-bond donors (Lipinski definition) is 1. The number of carbonyl (C=O) groups is 1. The highest BCUT2D eigenvalue weighted by Gasteiger charge is 2.18. The van der Waals surface area contributed by atoms with Crippen LogP contribution in [-0.2, 0) is 6.54 Å². The summed E-state index contributed by atoms with van der Waals surface area (Å²) >= 11 is 1.62. The van der Waals surface area contributed by atoms with E-state index in [9.17, 15) is 4.79 Å². The lowest BCUT2D eigenvalue weighted by Gasteiger charge is -2.21. The van der Waals surface area contributed by atoms with Gasteiger partial charge in [-0.1, -0.05) is 0 Å². The highest BCUT2D eigenvalue weighted by molar-refractivity contribution is 7.09. The Kier molecular flexibility index (Phi) is 4.01. The summed E-state index contributed by atoms with van der Waals surface area (Å²) in [6.07, 6.45) is 0. The molecule has 1 atom stereocenters. The molecule has 5 nitrogen and oxygen atoms in total. The quantitative estimate of drug-likeness (QED) is 0.912. The van der Waals surface area contributed by atoms with E-state index in [1.54, 1.807) is 17.4 Å². The summed E-state index contributed by atoms with van der Waals surface area (Å²) < 4.78 is 5.31. The van der Waals surface area contributed by atoms with E-state index in [0.29, 0.717) is 12.3 Å². The molecule has 2 aromatic rings. The average Bonchev–Trinajstić information content (AvgIpc) is 2.97. The van der Waals surface area contributed by atoms with E-state index < -0.39 is 5.97 Å². The number of nitrogens with zero attached hydrogens (tertiary/aromatic N) is 2. The summed E-state index contributed by atoms with van der Waals surface area (Å²) in [5.74, 6) is -0.428. The largest absolute Gasteiger partial charge is 0.475 e. The highest BCUT2D eigenvalue weighted by Crippen LogP contribution is 2.23. The van der Waals surface area contributed by atoms with Crippen molar-refractivity contribution >= 4 is 17.3 Å². The smallest absolute Gasteiger partial charge is 0.371 e. The third-order valence-corrected chi connectivity index (χ3v) is 3.81. The van der Waals surface area contributed by atoms with Crippen molar-refractivity contribution < 1.29 is 14.3 Å². The van der Waals surface area contributed by atoms with Crippen molar-refractivity contribution in [2.45, 2.75) is 26.4 Å². The van der Waals surface area contributed by atoms with E-state index in [1.165, 1.54) is 6.07 Å². The Morgan fingerprint density at radius 2 is 2.32 bits per heavy atom. The van der Waals surface area contributed by atoms with Crippen LogP contribution in [0.3, 0.4) is 0 Å². The van der Waals surface area contributed by atoms with Crippen LogP contribution in [0.25, 0.3) is 0 Å². The molecule has 6 heteroatoms. The van der Waals surface area contributed by atoms with E-state index in [4.69, 9.17) is 9.52 Å². The second-order valence-electron chi connectivity index (χ2n) is 4.46. The SMILES string of the molecule is Cc1nc(CN(C)C(C)c2ccc(C(=O)O)o2)cs1. The first-order valence-corrected chi connectivity index (χ1v) is 6.79. The molecule has 0 aromatic carbocycles. The van der Waals surface area contributed by atoms with Gasteiger partial charge in [0.25, 0.3) is 0 Å². The summed E-state index contributed by atoms with van der Waals surface area (Å²) in [5.41, 5.74) is 1.02. The van der Waals surface area contributed by atoms with Crippen LogP contribution in [-0.4, -0.2) is 28.0 Å². The fourth-order valence-electron chi connectivity index (χ4n) is 1.78. The molecule has 0 aliphatic rings. The molecule has 0 fully saturated rings. The van der Waals surface area contributed by atoms with Gasteiger partial charge >= 0.3 is 5.97 Å². The van der Waals surface area contributed by atoms with Crippen molar-refractivity contribution in [1.29, 1.82) is 0 Å². The molecule has 0 saturated carbocycles. The van der Waals surface area contributed by atoms with Gasteiger partial charge in [0, 0.05) is 11.9 Å². The molecule has 1 N–H and O–H groups in total. The molecular formula is C13H16N2O3S. The predicted octanol–water partition coefficient (Wildman–Crippen LogP) is 2.94. The standard InChI is InChI=1S/C13H16N2O3S/c1-8(11-4-5-12(18-11)13(16)17)15(3)6-10-7-19-9(2)14-10/h4-5,7-8H,6H2,1-3H3,(H,16,17). The Morgan fingerprint density at radius 3 is 2.84 bits per heavy atom. The number of aromatic carboxylic acids is 1. The Hall–Kier alpha value is -1.66. The molecule has 0 spiro atoms. The van der Waals surface area contributed by atoms with Crippen LogP contribution in [0.1, 0.15) is 40.0 Å². The topological polar surface area (TPSA) is 66.6 Å². The number of carboxylic acid groups (broad SMARTS) is 1. The normalized spacial score (nSPS) is 12.8. The zero-order valence-electron chi connectivity index (χ0n) is 11.1. The lowest BCUT2D eigenvalue weighted by Crippen LogP contribution is -2.21. The Morgan fingerprint density at radius 1 is 1.58 bits per heavy atom. The Labute approximate surface area is 115 Å². The molecule has 2 rings (SSSR count). The summed E-state index contributed by atoms with van der Waals surface area (Å²) in [6.45, 7) is 4.65. The van der Waals surface area contributed by atoms with Gasteiger partial charge in [0.05, 0.1) is 16.7 Å². The number of aryl methyl sites for hydroxylation is 1. The van der Waals surface area contributed by atoms with Gasteiger partial charge in [-0.05, 0) is 33.0 Å². The van der Waals surface area contributed by atoms with E-state index in [-0.39, 0.29) is 11.8 Å². The van der Waals surface area contributed by atoms with Crippen LogP contribution in [0.2, 0.25) is 0 Å². The maximum Gasteiger partial charge on any atom is 0.371 e. The molecule has 19 heavy (non-hydrogen) atoms. The predicted molar refractivity (Wildman–Crippen MR) is 72.4 cm³/mol. The van der Waals surface area contributed by atoms with Gasteiger partial charge in [-0.25, -0.2) is 9.78 Å². The third-order valence-electron chi connectivity index (χ3n) is 2.99. The summed E-state index contributed by atoms with van der Waals surface area (Å²) in [7, 11) is 1.96. The number of carboxylic acids is 1. The first-order chi connectivity index (χ1) is 8.97. The number of furan rings is 1. The molecular weight excluding hydrogens is 264 g/mol. The Balaban J connectivity index is 2.05. The monoisotopic (exact) mass is 280 g/mol. The molecule has 0 radical (unpaired) electrons. The average molecular weight is 280 g/mol. The summed E-state index contributed by atoms with van der Waals surface area (Å²) in [5, 5.41) is 11.9. The minimum absolute atomic E-state index is 0.00453. The Bertz CT molecular complexity index is 576. The lowest BCUT2D eigenvalue weighted by atomic mass is 10.2. The van der Waals surface area contributed by atoms with Crippen LogP contribution in [0, 0.1) is 6.92 Å². The van der Waals surface area contributed by atoms with Crippen molar-refractivity contribution in [3.05, 3.63) is 39.7 Å². The van der Waals surface area contributed by atoms with Gasteiger partial charge in [-0.15, -0.1) is 11.3 Å². The lowest BCUT2D eigenvalue weighted by molar-refractivity contribution is 0.0656. The van der Waals surface area contributed by atoms with Gasteiger partial charge in [0.1, 0.15) is 5.76 Å². The van der Waals surface area contributed by atoms with E-state index >= 15 is 0 Å². The maximum absolute atomic E-state index is 10.8. The molecule has 1 unspecified atom stereocenters. The van der Waals surface area contributed by atoms with E-state index in [1.807, 2.05) is 26.3 Å². The number of thiazole rings is 1. The zero-order chi connectivity index (χ0) is 14.0. The van der Waals surface area contributed by atoms with Crippen molar-refractivity contribution in [3.63, 3.8) is 0 Å². The minimum atomic E-state index is -1.05. The van der Waals surface area contributed by atoms with E-state index in [0.717, 1.165) is 10.7 Å². The van der Waals surface area contributed by atoms with Gasteiger partial charge in [0.15, 0.2) is 0 Å². The van der Waals surface area contributed by atoms with Crippen molar-refractivity contribution in [3.8, 4) is 0 Å². The van der Waals surface area contributed by atoms with Crippen LogP contribution < -0.4 is 0 Å². The molecule has 0 aliphatic carbocycles. The fourth-order valence-corrected chi connectivity index (χ4v) is 2.39. The number of aromatic nitrogens is 1. The number of hydrogen-bond acceptors (Lipinski definition) is 5. The fraction of sp³-hybridized carbons (Fsp3) is 0.385. The molecule has 102 valence electrons. The second-order valence-corrected chi connectivity index (χ2v) is 5.52. The molecule has 0 amide bonds. The third kappa shape index (κ3) is 3.21. The second kappa shape index (κ2) is 5.54. The van der Waals surface area contributed by atoms with Crippen LogP contribution in [0.15, 0.2) is 21.9 Å². The van der Waals surface area contributed by atoms with Crippen molar-refractivity contribution in [1.82, 2.24) is 9.88 Å². The van der Waals surface area contributed by atoms with Crippen LogP contribution in [0.4, 0.5) is 0 Å². The van der Waals surface area contributed by atoms with Gasteiger partial charge < -0.3 is 9.52 Å². The van der Waals surface area contributed by atoms with Gasteiger partial charge in [-0.2, -0.15) is 0 Å². The van der Waals surface area contributed by atoms with Crippen molar-refractivity contribution in [2.24, 2.45) is 0 Å². The van der Waals surface area contributed by atoms with E-state index in [2.05, 4.69) is 9.88 Å². The molecule has 2 aromatic heterocycles. The summed E-state index contributed by atoms with van der Waals surface area (Å²) in [6, 6.07) is 3.18.